The molecular weight excluding hydrogens is 590 g/mol. The summed E-state index contributed by atoms with van der Waals surface area (Å²) in [5.41, 5.74) is 1.13. The average Bonchev–Trinajstić information content (AvgIpc) is 2.67. The largest absolute Gasteiger partial charge is 0.487 e. The first kappa shape index (κ1) is 22.0. The number of hydrogen-bond donors (Lipinski definition) is 1. The van der Waals surface area contributed by atoms with Crippen molar-refractivity contribution >= 4 is 63.7 Å². The Morgan fingerprint density at radius 3 is 2.17 bits per heavy atom. The lowest BCUT2D eigenvalue weighted by atomic mass is 10.2. The molecule has 0 saturated carbocycles. The van der Waals surface area contributed by atoms with Crippen LogP contribution in [-0.2, 0) is 16.6 Å². The molecule has 1 amide bonds. The van der Waals surface area contributed by atoms with Crippen molar-refractivity contribution in [3.63, 3.8) is 0 Å². The number of nitrogens with one attached hydrogen (secondary N) is 1. The minimum absolute atomic E-state index is 0.0143. The van der Waals surface area contributed by atoms with E-state index < -0.39 is 15.9 Å². The first-order valence-electron chi connectivity index (χ1n) is 8.25. The Morgan fingerprint density at radius 2 is 1.55 bits per heavy atom. The quantitative estimate of drug-likeness (QED) is 0.394. The van der Waals surface area contributed by atoms with Gasteiger partial charge in [0.1, 0.15) is 12.4 Å². The highest BCUT2D eigenvalue weighted by molar-refractivity contribution is 9.11. The van der Waals surface area contributed by atoms with E-state index >= 15 is 0 Å². The molecule has 29 heavy (non-hydrogen) atoms. The van der Waals surface area contributed by atoms with Crippen LogP contribution < -0.4 is 9.46 Å². The van der Waals surface area contributed by atoms with Gasteiger partial charge in [0.25, 0.3) is 15.9 Å². The van der Waals surface area contributed by atoms with E-state index in [-0.39, 0.29) is 10.5 Å². The summed E-state index contributed by atoms with van der Waals surface area (Å²) in [6, 6.07) is 18.4. The molecule has 3 rings (SSSR count). The summed E-state index contributed by atoms with van der Waals surface area (Å²) in [4.78, 5) is 12.5. The van der Waals surface area contributed by atoms with Crippen LogP contribution in [0.2, 0.25) is 0 Å². The molecule has 9 heteroatoms. The number of sulfonamides is 1. The maximum Gasteiger partial charge on any atom is 0.265 e. The lowest BCUT2D eigenvalue weighted by Gasteiger charge is -2.13. The molecule has 0 aromatic heterocycles. The fourth-order valence-corrected chi connectivity index (χ4v) is 5.31. The van der Waals surface area contributed by atoms with E-state index in [4.69, 9.17) is 4.74 Å². The lowest BCUT2D eigenvalue weighted by molar-refractivity contribution is 0.0981. The van der Waals surface area contributed by atoms with E-state index in [9.17, 15) is 13.2 Å². The topological polar surface area (TPSA) is 72.5 Å². The molecule has 1 N–H and O–H groups in total. The maximum atomic E-state index is 12.5. The Hall–Kier alpha value is -1.68. The molecule has 0 spiro atoms. The monoisotopic (exact) mass is 601 g/mol. The van der Waals surface area contributed by atoms with Crippen molar-refractivity contribution < 1.29 is 17.9 Å². The van der Waals surface area contributed by atoms with E-state index in [0.717, 1.165) is 10.0 Å². The fourth-order valence-electron chi connectivity index (χ4n) is 2.45. The zero-order valence-electron chi connectivity index (χ0n) is 14.7. The molecule has 150 valence electrons. The number of ether oxygens (including phenoxy) is 1. The van der Waals surface area contributed by atoms with Crippen molar-refractivity contribution in [1.82, 2.24) is 4.72 Å². The van der Waals surface area contributed by atoms with Crippen LogP contribution in [0.4, 0.5) is 0 Å². The van der Waals surface area contributed by atoms with Crippen molar-refractivity contribution in [1.29, 1.82) is 0 Å². The molecule has 0 fully saturated rings. The van der Waals surface area contributed by atoms with Crippen LogP contribution in [0.15, 0.2) is 85.0 Å². The van der Waals surface area contributed by atoms with Crippen molar-refractivity contribution in [3.8, 4) is 5.75 Å². The fraction of sp³-hybridized carbons (Fsp3) is 0.0500. The number of rotatable bonds is 6. The minimum atomic E-state index is -3.96. The second-order valence-electron chi connectivity index (χ2n) is 5.94. The molecule has 5 nitrogen and oxygen atoms in total. The predicted molar refractivity (Wildman–Crippen MR) is 121 cm³/mol. The molecule has 0 aliphatic carbocycles. The second-order valence-corrected chi connectivity index (χ2v) is 10.2. The van der Waals surface area contributed by atoms with Gasteiger partial charge in [-0.25, -0.2) is 13.1 Å². The van der Waals surface area contributed by atoms with E-state index in [2.05, 4.69) is 52.5 Å². The second kappa shape index (κ2) is 9.42. The van der Waals surface area contributed by atoms with Gasteiger partial charge in [-0.05, 0) is 73.8 Å². The molecule has 3 aromatic rings. The molecule has 3 aromatic carbocycles. The van der Waals surface area contributed by atoms with E-state index in [1.807, 2.05) is 24.3 Å². The van der Waals surface area contributed by atoms with Crippen LogP contribution >= 0.6 is 47.8 Å². The molecule has 0 aliphatic rings. The number of halogens is 3. The molecule has 0 bridgehead atoms. The predicted octanol–water partition coefficient (Wildman–Crippen LogP) is 5.67. The summed E-state index contributed by atoms with van der Waals surface area (Å²) >= 11 is 10.2. The normalized spacial score (nSPS) is 11.1. The first-order chi connectivity index (χ1) is 13.8. The van der Waals surface area contributed by atoms with E-state index in [0.29, 0.717) is 21.3 Å². The molecular formula is C20H14Br3NO4S. The summed E-state index contributed by atoms with van der Waals surface area (Å²) in [7, 11) is -3.96. The van der Waals surface area contributed by atoms with Gasteiger partial charge in [-0.15, -0.1) is 0 Å². The Bertz CT molecular complexity index is 1130. The maximum absolute atomic E-state index is 12.5. The van der Waals surface area contributed by atoms with Gasteiger partial charge in [0.2, 0.25) is 0 Å². The minimum Gasteiger partial charge on any atom is -0.487 e. The van der Waals surface area contributed by atoms with Gasteiger partial charge in [0.15, 0.2) is 0 Å². The Kier molecular flexibility index (Phi) is 7.15. The Balaban J connectivity index is 1.77. The Labute approximate surface area is 193 Å². The highest BCUT2D eigenvalue weighted by Gasteiger charge is 2.20. The molecule has 0 atom stereocenters. The van der Waals surface area contributed by atoms with Crippen molar-refractivity contribution in [2.45, 2.75) is 11.5 Å². The molecule has 0 unspecified atom stereocenters. The SMILES string of the molecule is O=C(NS(=O)(=O)c1ccccc1)c1cc(Br)c(OCc2cccc(Br)c2)c(Br)c1. The van der Waals surface area contributed by atoms with Crippen LogP contribution in [-0.4, -0.2) is 14.3 Å². The van der Waals surface area contributed by atoms with Gasteiger partial charge >= 0.3 is 0 Å². The van der Waals surface area contributed by atoms with E-state index in [1.54, 1.807) is 18.2 Å². The van der Waals surface area contributed by atoms with Gasteiger partial charge in [-0.2, -0.15) is 0 Å². The van der Waals surface area contributed by atoms with Crippen molar-refractivity contribution in [2.75, 3.05) is 0 Å². The Morgan fingerprint density at radius 1 is 0.897 bits per heavy atom. The summed E-state index contributed by atoms with van der Waals surface area (Å²) in [5.74, 6) is -0.235. The number of carbonyl (C=O) groups is 1. The van der Waals surface area contributed by atoms with Crippen LogP contribution in [0.1, 0.15) is 15.9 Å². The van der Waals surface area contributed by atoms with Gasteiger partial charge in [-0.1, -0.05) is 46.3 Å². The number of benzene rings is 3. The van der Waals surface area contributed by atoms with Gasteiger partial charge in [0.05, 0.1) is 13.8 Å². The van der Waals surface area contributed by atoms with Crippen molar-refractivity contribution in [3.05, 3.63) is 91.3 Å². The van der Waals surface area contributed by atoms with Crippen LogP contribution in [0.25, 0.3) is 0 Å². The van der Waals surface area contributed by atoms with Crippen molar-refractivity contribution in [2.24, 2.45) is 0 Å². The smallest absolute Gasteiger partial charge is 0.265 e. The van der Waals surface area contributed by atoms with Gasteiger partial charge < -0.3 is 4.74 Å². The number of hydrogen-bond acceptors (Lipinski definition) is 4. The molecule has 0 heterocycles. The van der Waals surface area contributed by atoms with E-state index in [1.165, 1.54) is 24.3 Å². The summed E-state index contributed by atoms with van der Waals surface area (Å²) < 4.78 is 34.6. The third-order valence-corrected chi connectivity index (χ3v) is 6.83. The molecule has 0 radical (unpaired) electrons. The third-order valence-electron chi connectivity index (χ3n) is 3.81. The zero-order valence-corrected chi connectivity index (χ0v) is 20.3. The van der Waals surface area contributed by atoms with Crippen LogP contribution in [0.3, 0.4) is 0 Å². The summed E-state index contributed by atoms with van der Waals surface area (Å²) in [6.07, 6.45) is 0. The van der Waals surface area contributed by atoms with Crippen LogP contribution in [0.5, 0.6) is 5.75 Å². The standard InChI is InChI=1S/C20H14Br3NO4S/c21-15-6-4-5-13(9-15)12-28-19-17(22)10-14(11-18(19)23)20(25)24-29(26,27)16-7-2-1-3-8-16/h1-11H,12H2,(H,24,25). The van der Waals surface area contributed by atoms with Gasteiger partial charge in [0, 0.05) is 10.0 Å². The summed E-state index contributed by atoms with van der Waals surface area (Å²) in [6.45, 7) is 0.324. The highest BCUT2D eigenvalue weighted by atomic mass is 79.9. The first-order valence-corrected chi connectivity index (χ1v) is 12.1. The number of carbonyl (C=O) groups excluding carboxylic acids is 1. The van der Waals surface area contributed by atoms with Gasteiger partial charge in [-0.3, -0.25) is 4.79 Å². The lowest BCUT2D eigenvalue weighted by Crippen LogP contribution is -2.30. The zero-order chi connectivity index (χ0) is 21.0. The van der Waals surface area contributed by atoms with Crippen LogP contribution in [0, 0.1) is 0 Å². The average molecular weight is 604 g/mol. The number of amides is 1. The summed E-state index contributed by atoms with van der Waals surface area (Å²) in [5, 5.41) is 0. The highest BCUT2D eigenvalue weighted by Crippen LogP contribution is 2.35. The molecule has 0 aliphatic heterocycles. The third kappa shape index (κ3) is 5.69. The molecule has 0 saturated heterocycles.